The largest absolute Gasteiger partial charge is 0.393 e. The van der Waals surface area contributed by atoms with Crippen molar-refractivity contribution >= 4 is 23.6 Å². The SMILES string of the molecule is CSC(C)(C)C(NC(=O)c1ccc(C#CC#CC(O)CO)cc1)C(=O)NO. The Balaban J connectivity index is 2.88. The van der Waals surface area contributed by atoms with Crippen molar-refractivity contribution < 1.29 is 25.0 Å². The highest BCUT2D eigenvalue weighted by Crippen LogP contribution is 2.26. The predicted octanol–water partition coefficient (Wildman–Crippen LogP) is 0.140. The van der Waals surface area contributed by atoms with Gasteiger partial charge in [0.2, 0.25) is 0 Å². The monoisotopic (exact) mass is 390 g/mol. The van der Waals surface area contributed by atoms with Crippen molar-refractivity contribution in [3.05, 3.63) is 35.4 Å². The van der Waals surface area contributed by atoms with Crippen LogP contribution in [-0.4, -0.2) is 57.0 Å². The topological polar surface area (TPSA) is 119 Å². The first-order valence-corrected chi connectivity index (χ1v) is 9.18. The molecule has 2 amide bonds. The van der Waals surface area contributed by atoms with Crippen LogP contribution in [0.3, 0.4) is 0 Å². The lowest BCUT2D eigenvalue weighted by molar-refractivity contribution is -0.131. The molecule has 5 N–H and O–H groups in total. The van der Waals surface area contributed by atoms with Crippen molar-refractivity contribution in [2.24, 2.45) is 0 Å². The minimum atomic E-state index is -1.13. The molecule has 2 unspecified atom stereocenters. The first-order chi connectivity index (χ1) is 12.7. The van der Waals surface area contributed by atoms with E-state index < -0.39 is 35.3 Å². The van der Waals surface area contributed by atoms with Crippen molar-refractivity contribution in [3.63, 3.8) is 0 Å². The summed E-state index contributed by atoms with van der Waals surface area (Å²) >= 11 is 1.38. The van der Waals surface area contributed by atoms with Crippen LogP contribution in [0.5, 0.6) is 0 Å². The van der Waals surface area contributed by atoms with Crippen LogP contribution in [0.2, 0.25) is 0 Å². The molecule has 0 aromatic heterocycles. The van der Waals surface area contributed by atoms with E-state index in [1.807, 2.05) is 0 Å². The van der Waals surface area contributed by atoms with Crippen LogP contribution < -0.4 is 10.8 Å². The maximum Gasteiger partial charge on any atom is 0.267 e. The number of hydroxylamine groups is 1. The van der Waals surface area contributed by atoms with E-state index in [0.29, 0.717) is 11.1 Å². The van der Waals surface area contributed by atoms with Gasteiger partial charge < -0.3 is 15.5 Å². The Morgan fingerprint density at radius 2 is 1.85 bits per heavy atom. The van der Waals surface area contributed by atoms with Gasteiger partial charge in [-0.15, -0.1) is 0 Å². The fraction of sp³-hybridized carbons (Fsp3) is 0.368. The molecular formula is C19H22N2O5S. The number of rotatable bonds is 6. The van der Waals surface area contributed by atoms with Crippen LogP contribution in [0.15, 0.2) is 24.3 Å². The van der Waals surface area contributed by atoms with Crippen LogP contribution in [0.1, 0.15) is 29.8 Å². The summed E-state index contributed by atoms with van der Waals surface area (Å²) in [7, 11) is 0. The summed E-state index contributed by atoms with van der Waals surface area (Å²) in [6, 6.07) is 5.41. The Morgan fingerprint density at radius 3 is 2.37 bits per heavy atom. The van der Waals surface area contributed by atoms with Crippen LogP contribution in [0.25, 0.3) is 0 Å². The molecule has 1 aromatic rings. The van der Waals surface area contributed by atoms with Crippen LogP contribution >= 0.6 is 11.8 Å². The van der Waals surface area contributed by atoms with Gasteiger partial charge in [0.05, 0.1) is 6.61 Å². The second-order valence-electron chi connectivity index (χ2n) is 5.99. The van der Waals surface area contributed by atoms with Crippen molar-refractivity contribution in [2.45, 2.75) is 30.7 Å². The lowest BCUT2D eigenvalue weighted by atomic mass is 10.0. The molecule has 0 heterocycles. The molecule has 27 heavy (non-hydrogen) atoms. The number of carbonyl (C=O) groups excluding carboxylic acids is 2. The number of amides is 2. The van der Waals surface area contributed by atoms with Gasteiger partial charge in [-0.25, -0.2) is 5.48 Å². The van der Waals surface area contributed by atoms with Gasteiger partial charge in [-0.3, -0.25) is 14.8 Å². The number of hydrogen-bond acceptors (Lipinski definition) is 6. The average molecular weight is 390 g/mol. The molecule has 2 atom stereocenters. The summed E-state index contributed by atoms with van der Waals surface area (Å²) in [6.07, 6.45) is 0.680. The van der Waals surface area contributed by atoms with Crippen molar-refractivity contribution in [1.82, 2.24) is 10.8 Å². The summed E-state index contributed by atoms with van der Waals surface area (Å²) in [6.45, 7) is 3.11. The smallest absolute Gasteiger partial charge is 0.267 e. The quantitative estimate of drug-likeness (QED) is 0.268. The second-order valence-corrected chi connectivity index (χ2v) is 7.45. The number of benzene rings is 1. The third-order valence-corrected chi connectivity index (χ3v) is 4.99. The highest BCUT2D eigenvalue weighted by atomic mass is 32.2. The molecule has 1 aromatic carbocycles. The summed E-state index contributed by atoms with van der Waals surface area (Å²) in [5.74, 6) is 8.88. The van der Waals surface area contributed by atoms with E-state index in [9.17, 15) is 9.59 Å². The van der Waals surface area contributed by atoms with Crippen LogP contribution in [0, 0.1) is 23.7 Å². The number of carbonyl (C=O) groups is 2. The van der Waals surface area contributed by atoms with E-state index in [0.717, 1.165) is 0 Å². The molecular weight excluding hydrogens is 368 g/mol. The molecule has 0 bridgehead atoms. The van der Waals surface area contributed by atoms with E-state index in [1.165, 1.54) is 11.8 Å². The number of thioether (sulfide) groups is 1. The summed E-state index contributed by atoms with van der Waals surface area (Å²) < 4.78 is -0.633. The zero-order valence-electron chi connectivity index (χ0n) is 15.2. The van der Waals surface area contributed by atoms with Gasteiger partial charge in [0, 0.05) is 15.9 Å². The van der Waals surface area contributed by atoms with Gasteiger partial charge in [0.25, 0.3) is 11.8 Å². The molecule has 0 aliphatic rings. The molecule has 0 aliphatic heterocycles. The van der Waals surface area contributed by atoms with E-state index in [1.54, 1.807) is 49.8 Å². The lowest BCUT2D eigenvalue weighted by Crippen LogP contribution is -2.55. The van der Waals surface area contributed by atoms with Crippen LogP contribution in [0.4, 0.5) is 0 Å². The minimum absolute atomic E-state index is 0.329. The van der Waals surface area contributed by atoms with Gasteiger partial charge >= 0.3 is 0 Å². The molecule has 0 radical (unpaired) electrons. The molecule has 0 saturated heterocycles. The molecule has 0 aliphatic carbocycles. The van der Waals surface area contributed by atoms with Gasteiger partial charge in [0.1, 0.15) is 12.1 Å². The standard InChI is InChI=1S/C19H22N2O5S/c1-19(2,27-3)16(18(25)21-26)20-17(24)14-10-8-13(9-11-14)6-4-5-7-15(23)12-22/h8-11,15-16,22-23,26H,12H2,1-3H3,(H,20,24)(H,21,25). The Morgan fingerprint density at radius 1 is 1.22 bits per heavy atom. The van der Waals surface area contributed by atoms with Gasteiger partial charge in [-0.1, -0.05) is 11.8 Å². The molecule has 1 rings (SSSR count). The molecule has 0 spiro atoms. The Labute approximate surface area is 162 Å². The van der Waals surface area contributed by atoms with Crippen molar-refractivity contribution in [2.75, 3.05) is 12.9 Å². The highest BCUT2D eigenvalue weighted by Gasteiger charge is 2.36. The number of hydrogen-bond donors (Lipinski definition) is 5. The van der Waals surface area contributed by atoms with Crippen molar-refractivity contribution in [3.8, 4) is 23.7 Å². The molecule has 0 fully saturated rings. The predicted molar refractivity (Wildman–Crippen MR) is 103 cm³/mol. The fourth-order valence-corrected chi connectivity index (χ4v) is 2.33. The number of aliphatic hydroxyl groups is 2. The maximum atomic E-state index is 12.4. The average Bonchev–Trinajstić information content (AvgIpc) is 2.68. The van der Waals surface area contributed by atoms with E-state index in [4.69, 9.17) is 15.4 Å². The van der Waals surface area contributed by atoms with Gasteiger partial charge in [-0.05, 0) is 56.2 Å². The third-order valence-electron chi connectivity index (χ3n) is 3.70. The lowest BCUT2D eigenvalue weighted by Gasteiger charge is -2.31. The second kappa shape index (κ2) is 10.6. The van der Waals surface area contributed by atoms with E-state index in [-0.39, 0.29) is 0 Å². The fourth-order valence-electron chi connectivity index (χ4n) is 1.93. The molecule has 8 heteroatoms. The zero-order chi connectivity index (χ0) is 20.4. The molecule has 0 saturated carbocycles. The summed E-state index contributed by atoms with van der Waals surface area (Å²) in [4.78, 5) is 24.3. The summed E-state index contributed by atoms with van der Waals surface area (Å²) in [5, 5.41) is 29.3. The minimum Gasteiger partial charge on any atom is -0.393 e. The Hall–Kier alpha value is -2.49. The number of nitrogens with one attached hydrogen (secondary N) is 2. The van der Waals surface area contributed by atoms with E-state index >= 15 is 0 Å². The maximum absolute atomic E-state index is 12.4. The first-order valence-electron chi connectivity index (χ1n) is 7.95. The third kappa shape index (κ3) is 6.97. The van der Waals surface area contributed by atoms with Gasteiger partial charge in [0.15, 0.2) is 0 Å². The summed E-state index contributed by atoms with van der Waals surface area (Å²) in [5.41, 5.74) is 2.51. The zero-order valence-corrected chi connectivity index (χ0v) is 16.1. The van der Waals surface area contributed by atoms with E-state index in [2.05, 4.69) is 29.0 Å². The van der Waals surface area contributed by atoms with Gasteiger partial charge in [-0.2, -0.15) is 11.8 Å². The Bertz CT molecular complexity index is 784. The number of aliphatic hydroxyl groups excluding tert-OH is 2. The normalized spacial score (nSPS) is 12.5. The molecule has 144 valence electrons. The van der Waals surface area contributed by atoms with Crippen LogP contribution in [-0.2, 0) is 4.79 Å². The highest BCUT2D eigenvalue weighted by molar-refractivity contribution is 8.00. The Kier molecular flexibility index (Phi) is 8.86. The van der Waals surface area contributed by atoms with Crippen molar-refractivity contribution in [1.29, 1.82) is 0 Å². The molecule has 7 nitrogen and oxygen atoms in total. The first kappa shape index (κ1) is 22.6.